The van der Waals surface area contributed by atoms with E-state index in [-0.39, 0.29) is 5.78 Å². The Hall–Kier alpha value is -3.00. The van der Waals surface area contributed by atoms with Crippen molar-refractivity contribution < 1.29 is 38.5 Å². The van der Waals surface area contributed by atoms with Crippen LogP contribution in [0.2, 0.25) is 0 Å². The minimum absolute atomic E-state index is 0.302. The van der Waals surface area contributed by atoms with Crippen molar-refractivity contribution in [2.24, 2.45) is 11.8 Å². The summed E-state index contributed by atoms with van der Waals surface area (Å²) in [6.07, 6.45) is 8.64. The summed E-state index contributed by atoms with van der Waals surface area (Å²) in [7, 11) is 0. The molecule has 0 aromatic heterocycles. The number of aldehydes is 1. The van der Waals surface area contributed by atoms with Crippen molar-refractivity contribution in [3.63, 3.8) is 0 Å². The first kappa shape index (κ1) is 25.3. The standard InChI is InChI=1S/C24H30O8/c1-15(26)30-13-18-7-5-6-17(12-25)8-9-19-20(21(28)10-11-24(3,4)29)14-31-23(22(18)19)32-16(2)27/h8,10-14,19,22-23,29H,5-7,9H2,1-4H3. The smallest absolute Gasteiger partial charge is 0.307 e. The Morgan fingerprint density at radius 1 is 1.19 bits per heavy atom. The van der Waals surface area contributed by atoms with E-state index in [0.717, 1.165) is 6.29 Å². The summed E-state index contributed by atoms with van der Waals surface area (Å²) in [5, 5.41) is 9.94. The van der Waals surface area contributed by atoms with Crippen LogP contribution in [0.4, 0.5) is 0 Å². The fourth-order valence-corrected chi connectivity index (χ4v) is 3.73. The van der Waals surface area contributed by atoms with Crippen molar-refractivity contribution >= 4 is 24.0 Å². The number of aliphatic hydroxyl groups is 1. The van der Waals surface area contributed by atoms with Gasteiger partial charge in [0.1, 0.15) is 6.29 Å². The zero-order chi connectivity index (χ0) is 23.9. The van der Waals surface area contributed by atoms with Gasteiger partial charge in [-0.25, -0.2) is 0 Å². The van der Waals surface area contributed by atoms with E-state index >= 15 is 0 Å². The molecule has 3 unspecified atom stereocenters. The lowest BCUT2D eigenvalue weighted by atomic mass is 9.75. The third-order valence-electron chi connectivity index (χ3n) is 5.19. The van der Waals surface area contributed by atoms with E-state index in [1.165, 1.54) is 38.5 Å². The molecule has 0 radical (unpaired) electrons. The lowest BCUT2D eigenvalue weighted by molar-refractivity contribution is -0.180. The Labute approximate surface area is 187 Å². The first-order valence-electron chi connectivity index (χ1n) is 10.5. The predicted molar refractivity (Wildman–Crippen MR) is 115 cm³/mol. The van der Waals surface area contributed by atoms with Gasteiger partial charge in [0, 0.05) is 25.3 Å². The zero-order valence-corrected chi connectivity index (χ0v) is 18.8. The largest absolute Gasteiger partial charge is 0.461 e. The summed E-state index contributed by atoms with van der Waals surface area (Å²) in [4.78, 5) is 47.6. The highest BCUT2D eigenvalue weighted by molar-refractivity contribution is 6.04. The van der Waals surface area contributed by atoms with Crippen LogP contribution in [-0.4, -0.2) is 41.0 Å². The van der Waals surface area contributed by atoms with Crippen molar-refractivity contribution in [3.05, 3.63) is 47.5 Å². The molecule has 174 valence electrons. The van der Waals surface area contributed by atoms with Crippen molar-refractivity contribution in [2.45, 2.75) is 65.3 Å². The number of fused-ring (bicyclic) bond motifs is 1. The molecule has 3 atom stereocenters. The number of allylic oxidation sites excluding steroid dienone is 4. The molecule has 1 N–H and O–H groups in total. The molecule has 32 heavy (non-hydrogen) atoms. The van der Waals surface area contributed by atoms with Crippen LogP contribution in [0.1, 0.15) is 53.4 Å². The highest BCUT2D eigenvalue weighted by Gasteiger charge is 2.42. The Morgan fingerprint density at radius 2 is 1.91 bits per heavy atom. The van der Waals surface area contributed by atoms with E-state index in [1.807, 2.05) is 0 Å². The van der Waals surface area contributed by atoms with Crippen molar-refractivity contribution in [3.8, 4) is 0 Å². The average Bonchev–Trinajstić information content (AvgIpc) is 2.78. The van der Waals surface area contributed by atoms with E-state index in [4.69, 9.17) is 14.2 Å². The molecule has 8 heteroatoms. The lowest BCUT2D eigenvalue weighted by Gasteiger charge is -2.37. The Balaban J connectivity index is 2.57. The molecule has 2 aliphatic rings. The van der Waals surface area contributed by atoms with Crippen molar-refractivity contribution in [1.29, 1.82) is 0 Å². The van der Waals surface area contributed by atoms with E-state index in [0.29, 0.717) is 42.4 Å². The van der Waals surface area contributed by atoms with Crippen LogP contribution in [0, 0.1) is 11.8 Å². The minimum atomic E-state index is -1.19. The number of carbonyl (C=O) groups excluding carboxylic acids is 4. The average molecular weight is 446 g/mol. The van der Waals surface area contributed by atoms with Gasteiger partial charge in [-0.05, 0) is 62.8 Å². The molecule has 0 saturated heterocycles. The number of hydrogen-bond donors (Lipinski definition) is 1. The normalized spacial score (nSPS) is 25.3. The van der Waals surface area contributed by atoms with Gasteiger partial charge < -0.3 is 19.3 Å². The van der Waals surface area contributed by atoms with Crippen LogP contribution in [-0.2, 0) is 33.4 Å². The number of hydrogen-bond acceptors (Lipinski definition) is 8. The van der Waals surface area contributed by atoms with Gasteiger partial charge in [0.2, 0.25) is 0 Å². The molecule has 0 saturated carbocycles. The van der Waals surface area contributed by atoms with E-state index in [9.17, 15) is 24.3 Å². The predicted octanol–water partition coefficient (Wildman–Crippen LogP) is 3.06. The maximum absolute atomic E-state index is 13.0. The van der Waals surface area contributed by atoms with Gasteiger partial charge in [-0.2, -0.15) is 0 Å². The number of ketones is 1. The summed E-state index contributed by atoms with van der Waals surface area (Å²) in [6, 6.07) is 0. The van der Waals surface area contributed by atoms with Crippen molar-refractivity contribution in [1.82, 2.24) is 0 Å². The second-order valence-electron chi connectivity index (χ2n) is 8.46. The number of rotatable bonds is 6. The summed E-state index contributed by atoms with van der Waals surface area (Å²) >= 11 is 0. The van der Waals surface area contributed by atoms with Crippen molar-refractivity contribution in [2.75, 3.05) is 0 Å². The molecular formula is C24H30O8. The quantitative estimate of drug-likeness (QED) is 0.286. The highest BCUT2D eigenvalue weighted by atomic mass is 16.7. The van der Waals surface area contributed by atoms with Gasteiger partial charge in [0.25, 0.3) is 6.29 Å². The summed E-state index contributed by atoms with van der Waals surface area (Å²) in [5.74, 6) is -2.58. The molecule has 0 bridgehead atoms. The van der Waals surface area contributed by atoms with Gasteiger partial charge in [0.05, 0.1) is 24.0 Å². The second kappa shape index (κ2) is 11.0. The molecule has 8 nitrogen and oxygen atoms in total. The van der Waals surface area contributed by atoms with Gasteiger partial charge in [-0.3, -0.25) is 19.2 Å². The molecule has 0 spiro atoms. The van der Waals surface area contributed by atoms with Crippen LogP contribution in [0.15, 0.2) is 47.5 Å². The fourth-order valence-electron chi connectivity index (χ4n) is 3.73. The molecule has 0 aromatic rings. The summed E-state index contributed by atoms with van der Waals surface area (Å²) in [5.41, 5.74) is 0.360. The third-order valence-corrected chi connectivity index (χ3v) is 5.19. The lowest BCUT2D eigenvalue weighted by Crippen LogP contribution is -2.39. The number of carbonyl (C=O) groups is 4. The van der Waals surface area contributed by atoms with Crippen LogP contribution in [0.3, 0.4) is 0 Å². The molecule has 1 aliphatic carbocycles. The van der Waals surface area contributed by atoms with Crippen LogP contribution >= 0.6 is 0 Å². The van der Waals surface area contributed by atoms with Crippen LogP contribution < -0.4 is 0 Å². The summed E-state index contributed by atoms with van der Waals surface area (Å²) < 4.78 is 16.2. The molecule has 1 aliphatic heterocycles. The minimum Gasteiger partial charge on any atom is -0.461 e. The van der Waals surface area contributed by atoms with E-state index in [2.05, 4.69) is 0 Å². The molecule has 0 fully saturated rings. The van der Waals surface area contributed by atoms with Gasteiger partial charge in [0.15, 0.2) is 5.78 Å². The monoisotopic (exact) mass is 446 g/mol. The zero-order valence-electron chi connectivity index (χ0n) is 18.8. The third kappa shape index (κ3) is 7.30. The first-order valence-corrected chi connectivity index (χ1v) is 10.5. The molecule has 0 aromatic carbocycles. The highest BCUT2D eigenvalue weighted by Crippen LogP contribution is 2.42. The van der Waals surface area contributed by atoms with Crippen LogP contribution in [0.5, 0.6) is 0 Å². The van der Waals surface area contributed by atoms with E-state index < -0.39 is 35.7 Å². The maximum Gasteiger partial charge on any atom is 0.307 e. The Bertz CT molecular complexity index is 869. The van der Waals surface area contributed by atoms with Gasteiger partial charge >= 0.3 is 11.9 Å². The molecule has 2 rings (SSSR count). The SMILES string of the molecule is CC(=O)OC=C1CCCC(C=O)=CCC2C(C(=O)C=CC(C)(C)O)=COC(OC(C)=O)C12. The molecular weight excluding hydrogens is 416 g/mol. The topological polar surface area (TPSA) is 116 Å². The van der Waals surface area contributed by atoms with E-state index in [1.54, 1.807) is 19.9 Å². The second-order valence-corrected chi connectivity index (χ2v) is 8.46. The van der Waals surface area contributed by atoms with Gasteiger partial charge in [-0.1, -0.05) is 6.08 Å². The summed E-state index contributed by atoms with van der Waals surface area (Å²) in [6.45, 7) is 5.61. The number of esters is 2. The van der Waals surface area contributed by atoms with Gasteiger partial charge in [-0.15, -0.1) is 0 Å². The first-order chi connectivity index (χ1) is 15.0. The maximum atomic E-state index is 13.0. The Morgan fingerprint density at radius 3 is 2.50 bits per heavy atom. The number of ether oxygens (including phenoxy) is 3. The Kier molecular flexibility index (Phi) is 8.72. The molecule has 0 amide bonds. The molecule has 1 heterocycles. The fraction of sp³-hybridized carbons (Fsp3) is 0.500. The van der Waals surface area contributed by atoms with Crippen LogP contribution in [0.25, 0.3) is 0 Å².